The zero-order valence-corrected chi connectivity index (χ0v) is 12.3. The molecule has 0 saturated heterocycles. The molecule has 1 saturated carbocycles. The van der Waals surface area contributed by atoms with Gasteiger partial charge in [-0.15, -0.1) is 0 Å². The average Bonchev–Trinajstić information content (AvgIpc) is 2.45. The van der Waals surface area contributed by atoms with Crippen molar-refractivity contribution in [3.05, 3.63) is 29.3 Å². The van der Waals surface area contributed by atoms with Crippen LogP contribution in [0, 0.1) is 12.8 Å². The second kappa shape index (κ2) is 6.61. The van der Waals surface area contributed by atoms with Gasteiger partial charge in [0.05, 0.1) is 5.56 Å². The summed E-state index contributed by atoms with van der Waals surface area (Å²) in [6.45, 7) is 1.90. The van der Waals surface area contributed by atoms with Gasteiger partial charge < -0.3 is 16.2 Å². The highest BCUT2D eigenvalue weighted by molar-refractivity contribution is 5.99. The standard InChI is InChI=1S/C16H22N2O3/c1-10-7-8-12(15(17)19)13(9-10)18-14(16(20)21)11-5-3-2-4-6-11/h7-9,11,14,18H,2-6H2,1H3,(H2,17,19)(H,20,21). The monoisotopic (exact) mass is 290 g/mol. The zero-order chi connectivity index (χ0) is 15.4. The molecule has 1 unspecified atom stereocenters. The Hall–Kier alpha value is -2.04. The lowest BCUT2D eigenvalue weighted by atomic mass is 9.83. The number of carboxylic acids is 1. The van der Waals surface area contributed by atoms with E-state index < -0.39 is 17.9 Å². The predicted octanol–water partition coefficient (Wildman–Crippen LogP) is 2.54. The van der Waals surface area contributed by atoms with Crippen LogP contribution >= 0.6 is 0 Å². The van der Waals surface area contributed by atoms with Crippen LogP contribution < -0.4 is 11.1 Å². The van der Waals surface area contributed by atoms with E-state index in [0.29, 0.717) is 11.3 Å². The zero-order valence-electron chi connectivity index (χ0n) is 12.3. The molecule has 0 radical (unpaired) electrons. The summed E-state index contributed by atoms with van der Waals surface area (Å²) >= 11 is 0. The van der Waals surface area contributed by atoms with E-state index in [1.54, 1.807) is 18.2 Å². The minimum Gasteiger partial charge on any atom is -0.480 e. The molecule has 4 N–H and O–H groups in total. The van der Waals surface area contributed by atoms with Gasteiger partial charge >= 0.3 is 5.97 Å². The Morgan fingerprint density at radius 2 is 1.95 bits per heavy atom. The first-order valence-corrected chi connectivity index (χ1v) is 7.39. The highest BCUT2D eigenvalue weighted by Gasteiger charge is 2.30. The number of rotatable bonds is 5. The van der Waals surface area contributed by atoms with Crippen molar-refractivity contribution in [3.8, 4) is 0 Å². The fourth-order valence-corrected chi connectivity index (χ4v) is 3.01. The van der Waals surface area contributed by atoms with Crippen LogP contribution in [-0.4, -0.2) is 23.0 Å². The van der Waals surface area contributed by atoms with E-state index in [0.717, 1.165) is 31.2 Å². The van der Waals surface area contributed by atoms with E-state index in [1.807, 2.05) is 6.92 Å². The first kappa shape index (κ1) is 15.4. The number of aliphatic carboxylic acids is 1. The molecule has 0 aliphatic heterocycles. The summed E-state index contributed by atoms with van der Waals surface area (Å²) in [5.74, 6) is -1.33. The van der Waals surface area contributed by atoms with Gasteiger partial charge in [-0.05, 0) is 43.4 Å². The van der Waals surface area contributed by atoms with Gasteiger partial charge in [-0.2, -0.15) is 0 Å². The van der Waals surface area contributed by atoms with Gasteiger partial charge in [-0.25, -0.2) is 4.79 Å². The van der Waals surface area contributed by atoms with Crippen molar-refractivity contribution in [2.45, 2.75) is 45.1 Å². The second-order valence-electron chi connectivity index (χ2n) is 5.77. The van der Waals surface area contributed by atoms with Crippen LogP contribution in [0.2, 0.25) is 0 Å². The minimum absolute atomic E-state index is 0.0949. The van der Waals surface area contributed by atoms with Crippen molar-refractivity contribution in [1.82, 2.24) is 0 Å². The van der Waals surface area contributed by atoms with Gasteiger partial charge in [0.2, 0.25) is 0 Å². The first-order chi connectivity index (χ1) is 9.99. The summed E-state index contributed by atoms with van der Waals surface area (Å²) in [6, 6.07) is 4.53. The normalized spacial score (nSPS) is 17.2. The third-order valence-electron chi connectivity index (χ3n) is 4.14. The lowest BCUT2D eigenvalue weighted by molar-refractivity contribution is -0.139. The molecule has 0 bridgehead atoms. The van der Waals surface area contributed by atoms with Crippen molar-refractivity contribution in [2.24, 2.45) is 11.7 Å². The molecule has 1 aromatic rings. The van der Waals surface area contributed by atoms with Crippen LogP contribution in [-0.2, 0) is 4.79 Å². The molecule has 1 aliphatic carbocycles. The maximum Gasteiger partial charge on any atom is 0.326 e. The number of nitrogens with one attached hydrogen (secondary N) is 1. The lowest BCUT2D eigenvalue weighted by Crippen LogP contribution is -2.38. The van der Waals surface area contributed by atoms with Crippen molar-refractivity contribution in [3.63, 3.8) is 0 Å². The second-order valence-corrected chi connectivity index (χ2v) is 5.77. The van der Waals surface area contributed by atoms with E-state index in [-0.39, 0.29) is 5.92 Å². The summed E-state index contributed by atoms with van der Waals surface area (Å²) in [5.41, 5.74) is 7.17. The van der Waals surface area contributed by atoms with Crippen molar-refractivity contribution in [1.29, 1.82) is 0 Å². The Morgan fingerprint density at radius 1 is 1.29 bits per heavy atom. The molecule has 1 aromatic carbocycles. The Bertz CT molecular complexity index is 536. The Balaban J connectivity index is 2.26. The SMILES string of the molecule is Cc1ccc(C(N)=O)c(NC(C(=O)O)C2CCCCC2)c1. The fourth-order valence-electron chi connectivity index (χ4n) is 3.01. The Morgan fingerprint density at radius 3 is 2.52 bits per heavy atom. The molecule has 0 heterocycles. The molecule has 114 valence electrons. The molecular formula is C16H22N2O3. The number of carboxylic acid groups (broad SMARTS) is 1. The molecular weight excluding hydrogens is 268 g/mol. The number of carbonyl (C=O) groups excluding carboxylic acids is 1. The van der Waals surface area contributed by atoms with Crippen LogP contribution in [0.25, 0.3) is 0 Å². The number of primary amides is 1. The molecule has 21 heavy (non-hydrogen) atoms. The summed E-state index contributed by atoms with van der Waals surface area (Å²) in [7, 11) is 0. The molecule has 1 aliphatic rings. The Labute approximate surface area is 124 Å². The van der Waals surface area contributed by atoms with Gasteiger partial charge in [0, 0.05) is 5.69 Å². The summed E-state index contributed by atoms with van der Waals surface area (Å²) < 4.78 is 0. The van der Waals surface area contributed by atoms with E-state index in [1.165, 1.54) is 6.42 Å². The third kappa shape index (κ3) is 3.74. The van der Waals surface area contributed by atoms with Crippen molar-refractivity contribution < 1.29 is 14.7 Å². The van der Waals surface area contributed by atoms with Crippen LogP contribution in [0.3, 0.4) is 0 Å². The minimum atomic E-state index is -0.876. The number of hydrogen-bond donors (Lipinski definition) is 3. The highest BCUT2D eigenvalue weighted by atomic mass is 16.4. The van der Waals surface area contributed by atoms with Gasteiger partial charge in [0.1, 0.15) is 6.04 Å². The number of benzene rings is 1. The van der Waals surface area contributed by atoms with E-state index >= 15 is 0 Å². The van der Waals surface area contributed by atoms with Crippen LogP contribution in [0.1, 0.15) is 48.0 Å². The highest BCUT2D eigenvalue weighted by Crippen LogP contribution is 2.29. The summed E-state index contributed by atoms with van der Waals surface area (Å²) in [5, 5.41) is 12.5. The van der Waals surface area contributed by atoms with E-state index in [2.05, 4.69) is 5.32 Å². The molecule has 1 fully saturated rings. The summed E-state index contributed by atoms with van der Waals surface area (Å²) in [4.78, 5) is 23.1. The molecule has 2 rings (SSSR count). The molecule has 5 nitrogen and oxygen atoms in total. The van der Waals surface area contributed by atoms with E-state index in [4.69, 9.17) is 5.73 Å². The van der Waals surface area contributed by atoms with Crippen molar-refractivity contribution in [2.75, 3.05) is 5.32 Å². The van der Waals surface area contributed by atoms with Crippen LogP contribution in [0.15, 0.2) is 18.2 Å². The molecule has 1 amide bonds. The number of carbonyl (C=O) groups is 2. The quantitative estimate of drug-likeness (QED) is 0.777. The number of amides is 1. The summed E-state index contributed by atoms with van der Waals surface area (Å²) in [6.07, 6.45) is 5.10. The molecule has 5 heteroatoms. The van der Waals surface area contributed by atoms with Gasteiger partial charge in [-0.3, -0.25) is 4.79 Å². The van der Waals surface area contributed by atoms with Gasteiger partial charge in [0.15, 0.2) is 0 Å². The topological polar surface area (TPSA) is 92.4 Å². The maximum absolute atomic E-state index is 11.6. The van der Waals surface area contributed by atoms with Crippen LogP contribution in [0.4, 0.5) is 5.69 Å². The smallest absolute Gasteiger partial charge is 0.326 e. The number of anilines is 1. The Kier molecular flexibility index (Phi) is 4.83. The maximum atomic E-state index is 11.6. The van der Waals surface area contributed by atoms with Crippen LogP contribution in [0.5, 0.6) is 0 Å². The van der Waals surface area contributed by atoms with E-state index in [9.17, 15) is 14.7 Å². The largest absolute Gasteiger partial charge is 0.480 e. The predicted molar refractivity (Wildman–Crippen MR) is 81.3 cm³/mol. The van der Waals surface area contributed by atoms with Gasteiger partial charge in [-0.1, -0.05) is 25.3 Å². The average molecular weight is 290 g/mol. The number of aryl methyl sites for hydroxylation is 1. The van der Waals surface area contributed by atoms with Crippen molar-refractivity contribution >= 4 is 17.6 Å². The molecule has 1 atom stereocenters. The number of nitrogens with two attached hydrogens (primary N) is 1. The lowest BCUT2D eigenvalue weighted by Gasteiger charge is -2.29. The fraction of sp³-hybridized carbons (Fsp3) is 0.500. The first-order valence-electron chi connectivity index (χ1n) is 7.39. The molecule has 0 aromatic heterocycles. The molecule has 0 spiro atoms. The number of hydrogen-bond acceptors (Lipinski definition) is 3. The third-order valence-corrected chi connectivity index (χ3v) is 4.14. The van der Waals surface area contributed by atoms with Gasteiger partial charge in [0.25, 0.3) is 5.91 Å².